The molecule has 0 aromatic heterocycles. The van der Waals surface area contributed by atoms with Crippen molar-refractivity contribution in [1.82, 2.24) is 0 Å². The predicted molar refractivity (Wildman–Crippen MR) is 133 cm³/mol. The van der Waals surface area contributed by atoms with Gasteiger partial charge in [0.1, 0.15) is 37.4 Å². The number of carbonyl (C=O) groups is 3. The van der Waals surface area contributed by atoms with Gasteiger partial charge in [0.05, 0.1) is 20.7 Å². The zero-order valence-corrected chi connectivity index (χ0v) is 22.6. The lowest BCUT2D eigenvalue weighted by Crippen LogP contribution is -2.29. The van der Waals surface area contributed by atoms with Crippen molar-refractivity contribution in [1.29, 1.82) is 0 Å². The summed E-state index contributed by atoms with van der Waals surface area (Å²) in [5.74, 6) is -1.09. The van der Waals surface area contributed by atoms with Crippen LogP contribution in [0, 0.1) is 0 Å². The first-order valence-electron chi connectivity index (χ1n) is 10.9. The van der Waals surface area contributed by atoms with Crippen LogP contribution in [0.25, 0.3) is 0 Å². The summed E-state index contributed by atoms with van der Waals surface area (Å²) in [5, 5.41) is 0.0430. The molecule has 10 nitrogen and oxygen atoms in total. The molecule has 13 heteroatoms. The van der Waals surface area contributed by atoms with Gasteiger partial charge in [-0.25, -0.2) is 8.42 Å². The van der Waals surface area contributed by atoms with Crippen LogP contribution in [-0.4, -0.2) is 64.2 Å². The molecule has 0 aliphatic carbocycles. The largest absolute Gasteiger partial charge is 0.490 e. The predicted octanol–water partition coefficient (Wildman–Crippen LogP) is 3.60. The number of carbonyl (C=O) groups excluding carboxylic acids is 3. The summed E-state index contributed by atoms with van der Waals surface area (Å²) in [7, 11) is -3.92. The van der Waals surface area contributed by atoms with Crippen LogP contribution in [0.1, 0.15) is 20.8 Å². The highest BCUT2D eigenvalue weighted by atomic mass is 35.5. The lowest BCUT2D eigenvalue weighted by atomic mass is 10.3. The Kier molecular flexibility index (Phi) is 11.5. The minimum atomic E-state index is -3.92. The third-order valence-electron chi connectivity index (χ3n) is 4.52. The van der Waals surface area contributed by atoms with Gasteiger partial charge in [0, 0.05) is 20.8 Å². The zero-order valence-electron chi connectivity index (χ0n) is 20.3. The van der Waals surface area contributed by atoms with Crippen molar-refractivity contribution in [3.63, 3.8) is 0 Å². The Labute approximate surface area is 224 Å². The minimum Gasteiger partial charge on any atom is -0.490 e. The van der Waals surface area contributed by atoms with Crippen molar-refractivity contribution in [2.45, 2.75) is 42.8 Å². The van der Waals surface area contributed by atoms with Crippen molar-refractivity contribution in [3.8, 4) is 11.5 Å². The molecule has 0 saturated heterocycles. The molecule has 2 aromatic carbocycles. The molecular weight excluding hydrogens is 551 g/mol. The lowest BCUT2D eigenvalue weighted by molar-refractivity contribution is -0.158. The first-order chi connectivity index (χ1) is 17.4. The Balaban J connectivity index is 2.07. The van der Waals surface area contributed by atoms with Gasteiger partial charge < -0.3 is 23.7 Å². The average molecular weight is 577 g/mol. The minimum absolute atomic E-state index is 0.0139. The van der Waals surface area contributed by atoms with Crippen LogP contribution in [0.15, 0.2) is 52.3 Å². The van der Waals surface area contributed by atoms with E-state index in [4.69, 9.17) is 46.9 Å². The molecule has 2 rings (SSSR count). The Morgan fingerprint density at radius 3 is 1.89 bits per heavy atom. The molecule has 37 heavy (non-hydrogen) atoms. The van der Waals surface area contributed by atoms with Crippen molar-refractivity contribution >= 4 is 50.9 Å². The van der Waals surface area contributed by atoms with Crippen LogP contribution in [0.2, 0.25) is 5.02 Å². The van der Waals surface area contributed by atoms with E-state index >= 15 is 0 Å². The fourth-order valence-corrected chi connectivity index (χ4v) is 4.63. The lowest BCUT2D eigenvalue weighted by Gasteiger charge is -2.17. The average Bonchev–Trinajstić information content (AvgIpc) is 2.83. The normalized spacial score (nSPS) is 12.7. The van der Waals surface area contributed by atoms with Gasteiger partial charge in [-0.2, -0.15) is 0 Å². The van der Waals surface area contributed by atoms with Gasteiger partial charge >= 0.3 is 17.9 Å². The van der Waals surface area contributed by atoms with Gasteiger partial charge in [0.15, 0.2) is 6.10 Å². The molecule has 0 bridgehead atoms. The Morgan fingerprint density at radius 1 is 0.784 bits per heavy atom. The molecule has 0 saturated carbocycles. The number of sulfone groups is 1. The molecule has 0 amide bonds. The number of hydrogen-bond donors (Lipinski definition) is 0. The van der Waals surface area contributed by atoms with E-state index in [-0.39, 0.29) is 46.3 Å². The first kappa shape index (κ1) is 30.2. The van der Waals surface area contributed by atoms with E-state index in [0.29, 0.717) is 5.75 Å². The molecule has 0 aliphatic rings. The molecule has 0 N–H and O–H groups in total. The standard InChI is InChI=1S/C24H26Cl2O10S/c1-15(27)32-13-20(36-17(3)29)14-33-18-4-6-21(7-5-18)37(30,31)22-8-9-24(23(26)10-22)34-12-19(11-25)35-16(2)28/h4-10,19-20H,11-14H2,1-3H3/t19-,20+/m1/s1. The van der Waals surface area contributed by atoms with Crippen molar-refractivity contribution in [3.05, 3.63) is 47.5 Å². The molecule has 0 fully saturated rings. The smallest absolute Gasteiger partial charge is 0.303 e. The van der Waals surface area contributed by atoms with E-state index in [1.165, 1.54) is 63.2 Å². The van der Waals surface area contributed by atoms with Gasteiger partial charge in [-0.1, -0.05) is 11.6 Å². The van der Waals surface area contributed by atoms with Crippen LogP contribution < -0.4 is 9.47 Å². The third kappa shape index (κ3) is 9.75. The van der Waals surface area contributed by atoms with E-state index in [0.717, 1.165) is 0 Å². The summed E-state index contributed by atoms with van der Waals surface area (Å²) < 4.78 is 52.1. The van der Waals surface area contributed by atoms with Gasteiger partial charge in [-0.3, -0.25) is 14.4 Å². The summed E-state index contributed by atoms with van der Waals surface area (Å²) in [6.45, 7) is 3.33. The summed E-state index contributed by atoms with van der Waals surface area (Å²) in [6, 6.07) is 9.54. The Hall–Kier alpha value is -3.02. The Morgan fingerprint density at radius 2 is 1.35 bits per heavy atom. The monoisotopic (exact) mass is 576 g/mol. The molecule has 2 atom stereocenters. The van der Waals surface area contributed by atoms with Crippen LogP contribution in [0.3, 0.4) is 0 Å². The summed E-state index contributed by atoms with van der Waals surface area (Å²) in [4.78, 5) is 33.2. The van der Waals surface area contributed by atoms with Gasteiger partial charge in [0.2, 0.25) is 9.84 Å². The highest BCUT2D eigenvalue weighted by molar-refractivity contribution is 7.91. The second-order valence-corrected chi connectivity index (χ2v) is 10.3. The highest BCUT2D eigenvalue weighted by Crippen LogP contribution is 2.31. The van der Waals surface area contributed by atoms with Crippen LogP contribution in [-0.2, 0) is 38.4 Å². The van der Waals surface area contributed by atoms with Crippen LogP contribution >= 0.6 is 23.2 Å². The van der Waals surface area contributed by atoms with E-state index < -0.39 is 40.0 Å². The molecule has 0 radical (unpaired) electrons. The summed E-state index contributed by atoms with van der Waals surface area (Å²) in [6.07, 6.45) is -1.52. The summed E-state index contributed by atoms with van der Waals surface area (Å²) in [5.41, 5.74) is 0. The number of ether oxygens (including phenoxy) is 5. The van der Waals surface area contributed by atoms with Crippen molar-refractivity contribution in [2.24, 2.45) is 0 Å². The Bertz CT molecular complexity index is 1200. The highest BCUT2D eigenvalue weighted by Gasteiger charge is 2.21. The molecule has 0 aliphatic heterocycles. The maximum absolute atomic E-state index is 13.1. The van der Waals surface area contributed by atoms with Crippen molar-refractivity contribution in [2.75, 3.05) is 25.7 Å². The number of hydrogen-bond acceptors (Lipinski definition) is 10. The zero-order chi connectivity index (χ0) is 27.6. The third-order valence-corrected chi connectivity index (χ3v) is 6.93. The first-order valence-corrected chi connectivity index (χ1v) is 13.3. The van der Waals surface area contributed by atoms with Crippen LogP contribution in [0.4, 0.5) is 0 Å². The number of rotatable bonds is 13. The van der Waals surface area contributed by atoms with E-state index in [1.807, 2.05) is 0 Å². The van der Waals surface area contributed by atoms with E-state index in [1.54, 1.807) is 0 Å². The molecule has 0 spiro atoms. The van der Waals surface area contributed by atoms with Gasteiger partial charge in [0.25, 0.3) is 0 Å². The molecule has 2 aromatic rings. The molecular formula is C24H26Cl2O10S. The van der Waals surface area contributed by atoms with Gasteiger partial charge in [-0.05, 0) is 42.5 Å². The number of halogens is 2. The van der Waals surface area contributed by atoms with E-state index in [9.17, 15) is 22.8 Å². The molecule has 202 valence electrons. The topological polar surface area (TPSA) is 132 Å². The fraction of sp³-hybridized carbons (Fsp3) is 0.375. The maximum Gasteiger partial charge on any atom is 0.303 e. The number of alkyl halides is 1. The number of benzene rings is 2. The second-order valence-electron chi connectivity index (χ2n) is 7.61. The maximum atomic E-state index is 13.1. The fourth-order valence-electron chi connectivity index (χ4n) is 2.89. The van der Waals surface area contributed by atoms with E-state index in [2.05, 4.69) is 0 Å². The number of esters is 3. The summed E-state index contributed by atoms with van der Waals surface area (Å²) >= 11 is 12.0. The quantitative estimate of drug-likeness (QED) is 0.198. The van der Waals surface area contributed by atoms with Gasteiger partial charge in [-0.15, -0.1) is 11.6 Å². The van der Waals surface area contributed by atoms with Crippen LogP contribution in [0.5, 0.6) is 11.5 Å². The molecule has 0 heterocycles. The SMILES string of the molecule is CC(=O)OC[C@@H](COc1ccc(S(=O)(=O)c2ccc(OC[C@@H](CCl)OC(C)=O)c(Cl)c2)cc1)OC(C)=O. The van der Waals surface area contributed by atoms with Crippen molar-refractivity contribution < 1.29 is 46.5 Å². The second kappa shape index (κ2) is 14.1. The molecule has 0 unspecified atom stereocenters.